The van der Waals surface area contributed by atoms with Crippen molar-refractivity contribution < 1.29 is 19.1 Å². The summed E-state index contributed by atoms with van der Waals surface area (Å²) in [6.45, 7) is 10.3. The molecule has 3 amide bonds. The number of hydrogen-bond acceptors (Lipinski definition) is 5. The molecule has 2 atom stereocenters. The lowest BCUT2D eigenvalue weighted by Crippen LogP contribution is -2.61. The molecule has 2 N–H and O–H groups in total. The summed E-state index contributed by atoms with van der Waals surface area (Å²) in [4.78, 5) is 40.9. The molecule has 4 rings (SSSR count). The van der Waals surface area contributed by atoms with Crippen LogP contribution in [0.4, 0.5) is 16.2 Å². The normalized spacial score (nSPS) is 19.7. The van der Waals surface area contributed by atoms with Crippen molar-refractivity contribution in [2.75, 3.05) is 23.3 Å². The van der Waals surface area contributed by atoms with Gasteiger partial charge in [0, 0.05) is 42.5 Å². The van der Waals surface area contributed by atoms with Crippen molar-refractivity contribution in [1.82, 2.24) is 10.2 Å². The Bertz CT molecular complexity index is 1120. The number of ether oxygens (including phenoxy) is 1. The van der Waals surface area contributed by atoms with Gasteiger partial charge in [-0.3, -0.25) is 9.59 Å². The molecule has 0 unspecified atom stereocenters. The van der Waals surface area contributed by atoms with E-state index in [1.807, 2.05) is 75.1 Å². The summed E-state index contributed by atoms with van der Waals surface area (Å²) in [5.74, 6) is 0.0694. The van der Waals surface area contributed by atoms with Gasteiger partial charge in [-0.15, -0.1) is 0 Å². The molecule has 0 aromatic heterocycles. The summed E-state index contributed by atoms with van der Waals surface area (Å²) in [6, 6.07) is 15.6. The van der Waals surface area contributed by atoms with Crippen molar-refractivity contribution in [2.45, 2.75) is 71.2 Å². The van der Waals surface area contributed by atoms with Crippen molar-refractivity contribution >= 4 is 29.3 Å². The summed E-state index contributed by atoms with van der Waals surface area (Å²) in [6.07, 6.45) is 0.806. The Labute approximate surface area is 213 Å². The molecule has 0 bridgehead atoms. The van der Waals surface area contributed by atoms with Gasteiger partial charge in [0.2, 0.25) is 5.91 Å². The van der Waals surface area contributed by atoms with Crippen LogP contribution in [0.2, 0.25) is 0 Å². The van der Waals surface area contributed by atoms with Gasteiger partial charge in [-0.05, 0) is 70.0 Å². The fraction of sp³-hybridized carbons (Fsp3) is 0.464. The number of hydrogen-bond donors (Lipinski definition) is 2. The first-order chi connectivity index (χ1) is 17.1. The van der Waals surface area contributed by atoms with Gasteiger partial charge in [0.1, 0.15) is 5.60 Å². The summed E-state index contributed by atoms with van der Waals surface area (Å²) in [5, 5.41) is 6.39. The van der Waals surface area contributed by atoms with Crippen molar-refractivity contribution in [3.05, 3.63) is 59.7 Å². The number of likely N-dealkylation sites (tertiary alicyclic amines) is 1. The average molecular weight is 493 g/mol. The highest BCUT2D eigenvalue weighted by molar-refractivity contribution is 5.96. The molecule has 2 aliphatic heterocycles. The molecule has 2 aromatic rings. The minimum atomic E-state index is -0.552. The predicted molar refractivity (Wildman–Crippen MR) is 140 cm³/mol. The van der Waals surface area contributed by atoms with Crippen LogP contribution in [0.5, 0.6) is 0 Å². The summed E-state index contributed by atoms with van der Waals surface area (Å²) < 4.78 is 5.27. The molecule has 0 aliphatic carbocycles. The van der Waals surface area contributed by atoms with Crippen LogP contribution in [0, 0.1) is 0 Å². The number of nitrogens with one attached hydrogen (secondary N) is 2. The van der Waals surface area contributed by atoms with Gasteiger partial charge in [0.15, 0.2) is 0 Å². The van der Waals surface area contributed by atoms with Crippen LogP contribution in [0.3, 0.4) is 0 Å². The molecular weight excluding hydrogens is 456 g/mol. The van der Waals surface area contributed by atoms with E-state index < -0.39 is 11.7 Å². The Balaban J connectivity index is 1.36. The average Bonchev–Trinajstić information content (AvgIpc) is 2.80. The number of amides is 3. The third kappa shape index (κ3) is 5.64. The fourth-order valence-electron chi connectivity index (χ4n) is 4.80. The highest BCUT2D eigenvalue weighted by atomic mass is 16.6. The van der Waals surface area contributed by atoms with Gasteiger partial charge in [-0.2, -0.15) is 0 Å². The highest BCUT2D eigenvalue weighted by Crippen LogP contribution is 2.39. The molecule has 36 heavy (non-hydrogen) atoms. The van der Waals surface area contributed by atoms with E-state index in [1.165, 1.54) is 0 Å². The molecule has 1 saturated heterocycles. The molecule has 2 aliphatic rings. The maximum absolute atomic E-state index is 12.8. The van der Waals surface area contributed by atoms with Crippen LogP contribution in [-0.2, 0) is 9.53 Å². The number of benzene rings is 2. The summed E-state index contributed by atoms with van der Waals surface area (Å²) in [5.41, 5.74) is 3.03. The van der Waals surface area contributed by atoms with Crippen molar-refractivity contribution in [1.29, 1.82) is 0 Å². The highest BCUT2D eigenvalue weighted by Gasteiger charge is 2.34. The zero-order valence-corrected chi connectivity index (χ0v) is 21.7. The topological polar surface area (TPSA) is 91.0 Å². The van der Waals surface area contributed by atoms with Gasteiger partial charge in [-0.1, -0.05) is 25.1 Å². The van der Waals surface area contributed by atoms with Crippen LogP contribution in [-0.4, -0.2) is 53.6 Å². The molecular formula is C28H36N4O4. The lowest BCUT2D eigenvalue weighted by atomic mass is 9.91. The summed E-state index contributed by atoms with van der Waals surface area (Å²) >= 11 is 0. The van der Waals surface area contributed by atoms with Gasteiger partial charge >= 0.3 is 6.09 Å². The lowest BCUT2D eigenvalue weighted by molar-refractivity contribution is -0.118. The maximum atomic E-state index is 12.8. The number of carbonyl (C=O) groups excluding carboxylic acids is 3. The number of anilines is 2. The Hall–Kier alpha value is -3.55. The van der Waals surface area contributed by atoms with E-state index in [0.717, 1.165) is 23.4 Å². The number of nitrogens with zero attached hydrogens (tertiary/aromatic N) is 2. The minimum absolute atomic E-state index is 0.0610. The summed E-state index contributed by atoms with van der Waals surface area (Å²) in [7, 11) is 0. The largest absolute Gasteiger partial charge is 0.444 e. The zero-order chi connectivity index (χ0) is 26.0. The third-order valence-electron chi connectivity index (χ3n) is 6.52. The van der Waals surface area contributed by atoms with Gasteiger partial charge in [0.25, 0.3) is 5.91 Å². The molecule has 8 nitrogen and oxygen atoms in total. The van der Waals surface area contributed by atoms with Crippen LogP contribution in [0.15, 0.2) is 48.5 Å². The molecule has 8 heteroatoms. The first-order valence-electron chi connectivity index (χ1n) is 12.6. The maximum Gasteiger partial charge on any atom is 0.407 e. The number of carbonyl (C=O) groups is 3. The minimum Gasteiger partial charge on any atom is -0.444 e. The monoisotopic (exact) mass is 492 g/mol. The third-order valence-corrected chi connectivity index (χ3v) is 6.52. The molecule has 0 saturated carbocycles. The number of para-hydroxylation sites is 1. The standard InChI is InChI=1S/C28H36N4O4/c1-6-25(33)32-18(2)15-23(22-9-7-8-10-24(22)32)29-20-13-11-19(12-14-20)26(34)31-16-21(17-31)30-27(35)36-28(3,4)5/h7-14,18,21,23,29H,6,15-17H2,1-5H3,(H,30,35)/t18-,23+/m0/s1. The molecule has 0 spiro atoms. The van der Waals surface area contributed by atoms with Crippen LogP contribution < -0.4 is 15.5 Å². The SMILES string of the molecule is CCC(=O)N1c2ccccc2[C@H](Nc2ccc(C(=O)N3CC(NC(=O)OC(C)(C)C)C3)cc2)C[C@@H]1C. The second-order valence-corrected chi connectivity index (χ2v) is 10.6. The van der Waals surface area contributed by atoms with Crippen molar-refractivity contribution in [3.8, 4) is 0 Å². The van der Waals surface area contributed by atoms with Crippen LogP contribution >= 0.6 is 0 Å². The van der Waals surface area contributed by atoms with E-state index in [-0.39, 0.29) is 29.9 Å². The molecule has 2 aromatic carbocycles. The quantitative estimate of drug-likeness (QED) is 0.630. The van der Waals surface area contributed by atoms with Gasteiger partial charge in [0.05, 0.1) is 12.1 Å². The predicted octanol–water partition coefficient (Wildman–Crippen LogP) is 4.72. The smallest absolute Gasteiger partial charge is 0.407 e. The Kier molecular flexibility index (Phi) is 7.24. The second-order valence-electron chi connectivity index (χ2n) is 10.6. The van der Waals surface area contributed by atoms with Crippen LogP contribution in [0.1, 0.15) is 69.4 Å². The van der Waals surface area contributed by atoms with E-state index in [9.17, 15) is 14.4 Å². The van der Waals surface area contributed by atoms with Crippen LogP contribution in [0.25, 0.3) is 0 Å². The van der Waals surface area contributed by atoms with Gasteiger partial charge in [-0.25, -0.2) is 4.79 Å². The molecule has 1 fully saturated rings. The lowest BCUT2D eigenvalue weighted by Gasteiger charge is -2.40. The molecule has 192 valence electrons. The van der Waals surface area contributed by atoms with E-state index in [4.69, 9.17) is 4.74 Å². The Morgan fingerprint density at radius 2 is 1.69 bits per heavy atom. The van der Waals surface area contributed by atoms with E-state index in [2.05, 4.69) is 23.6 Å². The first-order valence-corrected chi connectivity index (χ1v) is 12.6. The number of rotatable bonds is 5. The first kappa shape index (κ1) is 25.5. The fourth-order valence-corrected chi connectivity index (χ4v) is 4.80. The van der Waals surface area contributed by atoms with E-state index in [0.29, 0.717) is 25.1 Å². The van der Waals surface area contributed by atoms with Crippen molar-refractivity contribution in [3.63, 3.8) is 0 Å². The number of fused-ring (bicyclic) bond motifs is 1. The zero-order valence-electron chi connectivity index (χ0n) is 21.7. The second kappa shape index (κ2) is 10.2. The Morgan fingerprint density at radius 3 is 2.33 bits per heavy atom. The Morgan fingerprint density at radius 1 is 1.03 bits per heavy atom. The van der Waals surface area contributed by atoms with Gasteiger partial charge < -0.3 is 25.2 Å². The molecule has 0 radical (unpaired) electrons. The van der Waals surface area contributed by atoms with E-state index >= 15 is 0 Å². The number of alkyl carbamates (subject to hydrolysis) is 1. The molecule has 2 heterocycles. The van der Waals surface area contributed by atoms with Crippen molar-refractivity contribution in [2.24, 2.45) is 0 Å². The van der Waals surface area contributed by atoms with E-state index in [1.54, 1.807) is 4.90 Å².